The number of nitrogen functional groups attached to an aromatic ring is 1. The molecule has 2 aromatic rings. The van der Waals surface area contributed by atoms with Gasteiger partial charge in [-0.05, 0) is 31.5 Å². The topological polar surface area (TPSA) is 40.2 Å². The molecule has 0 saturated heterocycles. The van der Waals surface area contributed by atoms with E-state index in [1.807, 2.05) is 12.1 Å². The molecule has 0 unspecified atom stereocenters. The highest BCUT2D eigenvalue weighted by molar-refractivity contribution is 5.90. The van der Waals surface area contributed by atoms with Gasteiger partial charge in [0.05, 0.1) is 18.3 Å². The second-order valence-corrected chi connectivity index (χ2v) is 3.88. The van der Waals surface area contributed by atoms with Crippen LogP contribution < -0.4 is 10.5 Å². The van der Waals surface area contributed by atoms with Crippen molar-refractivity contribution in [1.82, 2.24) is 4.57 Å². The van der Waals surface area contributed by atoms with Gasteiger partial charge in [0, 0.05) is 18.1 Å². The number of benzene rings is 1. The van der Waals surface area contributed by atoms with Crippen LogP contribution in [0.25, 0.3) is 10.9 Å². The summed E-state index contributed by atoms with van der Waals surface area (Å²) < 4.78 is 7.38. The van der Waals surface area contributed by atoms with Crippen LogP contribution in [-0.4, -0.2) is 11.7 Å². The van der Waals surface area contributed by atoms with E-state index in [0.717, 1.165) is 11.3 Å². The van der Waals surface area contributed by atoms with Crippen LogP contribution in [0.15, 0.2) is 12.1 Å². The van der Waals surface area contributed by atoms with Crippen LogP contribution in [0.1, 0.15) is 11.3 Å². The first-order valence-corrected chi connectivity index (χ1v) is 4.95. The molecule has 1 aromatic heterocycles. The molecule has 1 heterocycles. The lowest BCUT2D eigenvalue weighted by atomic mass is 10.1. The van der Waals surface area contributed by atoms with E-state index >= 15 is 0 Å². The number of fused-ring (bicyclic) bond motifs is 1. The van der Waals surface area contributed by atoms with E-state index in [2.05, 4.69) is 25.5 Å². The minimum absolute atomic E-state index is 0.686. The Morgan fingerprint density at radius 3 is 2.53 bits per heavy atom. The largest absolute Gasteiger partial charge is 0.495 e. The molecule has 3 heteroatoms. The van der Waals surface area contributed by atoms with Crippen LogP contribution >= 0.6 is 0 Å². The van der Waals surface area contributed by atoms with Crippen LogP contribution in [0, 0.1) is 13.8 Å². The maximum absolute atomic E-state index is 5.89. The molecule has 0 fully saturated rings. The molecule has 80 valence electrons. The minimum Gasteiger partial charge on any atom is -0.495 e. The van der Waals surface area contributed by atoms with Gasteiger partial charge in [0.1, 0.15) is 5.75 Å². The average Bonchev–Trinajstić information content (AvgIpc) is 2.43. The molecule has 1 aromatic carbocycles. The zero-order valence-electron chi connectivity index (χ0n) is 9.59. The Labute approximate surface area is 89.4 Å². The first-order valence-electron chi connectivity index (χ1n) is 4.95. The number of aromatic nitrogens is 1. The smallest absolute Gasteiger partial charge is 0.142 e. The summed E-state index contributed by atoms with van der Waals surface area (Å²) in [7, 11) is 3.69. The number of hydrogen-bond acceptors (Lipinski definition) is 2. The van der Waals surface area contributed by atoms with Gasteiger partial charge in [-0.25, -0.2) is 0 Å². The van der Waals surface area contributed by atoms with Crippen molar-refractivity contribution in [2.24, 2.45) is 7.05 Å². The third-order valence-corrected chi connectivity index (χ3v) is 3.16. The van der Waals surface area contributed by atoms with E-state index < -0.39 is 0 Å². The van der Waals surface area contributed by atoms with Gasteiger partial charge in [-0.3, -0.25) is 0 Å². The highest BCUT2D eigenvalue weighted by Crippen LogP contribution is 2.32. The molecule has 0 spiro atoms. The molecular weight excluding hydrogens is 188 g/mol. The monoisotopic (exact) mass is 204 g/mol. The molecule has 0 saturated carbocycles. The third kappa shape index (κ3) is 1.27. The zero-order valence-corrected chi connectivity index (χ0v) is 9.59. The van der Waals surface area contributed by atoms with Gasteiger partial charge in [-0.1, -0.05) is 0 Å². The number of ether oxygens (including phenoxy) is 1. The first kappa shape index (κ1) is 9.90. The number of rotatable bonds is 1. The van der Waals surface area contributed by atoms with Crippen molar-refractivity contribution in [3.05, 3.63) is 23.4 Å². The summed E-state index contributed by atoms with van der Waals surface area (Å²) in [5.41, 5.74) is 10.3. The van der Waals surface area contributed by atoms with Crippen molar-refractivity contribution in [1.29, 1.82) is 0 Å². The molecule has 2 N–H and O–H groups in total. The highest BCUT2D eigenvalue weighted by atomic mass is 16.5. The lowest BCUT2D eigenvalue weighted by Crippen LogP contribution is -1.94. The number of methoxy groups -OCH3 is 1. The number of aryl methyl sites for hydroxylation is 2. The molecule has 0 aliphatic heterocycles. The number of nitrogens with two attached hydrogens (primary N) is 1. The van der Waals surface area contributed by atoms with Gasteiger partial charge in [-0.2, -0.15) is 0 Å². The van der Waals surface area contributed by atoms with Crippen molar-refractivity contribution >= 4 is 16.6 Å². The first-order chi connectivity index (χ1) is 7.06. The maximum atomic E-state index is 5.89. The fraction of sp³-hybridized carbons (Fsp3) is 0.333. The van der Waals surface area contributed by atoms with Gasteiger partial charge < -0.3 is 15.0 Å². The Balaban J connectivity index is 2.88. The van der Waals surface area contributed by atoms with Gasteiger partial charge in [0.25, 0.3) is 0 Å². The lowest BCUT2D eigenvalue weighted by Gasteiger charge is -2.05. The maximum Gasteiger partial charge on any atom is 0.142 e. The minimum atomic E-state index is 0.686. The van der Waals surface area contributed by atoms with Crippen LogP contribution in [0.5, 0.6) is 5.75 Å². The molecular formula is C12H16N2O. The summed E-state index contributed by atoms with van der Waals surface area (Å²) in [6.45, 7) is 4.23. The van der Waals surface area contributed by atoms with Crippen molar-refractivity contribution in [3.63, 3.8) is 0 Å². The van der Waals surface area contributed by atoms with E-state index in [0.29, 0.717) is 5.69 Å². The van der Waals surface area contributed by atoms with Crippen molar-refractivity contribution in [3.8, 4) is 5.75 Å². The van der Waals surface area contributed by atoms with E-state index in [1.54, 1.807) is 7.11 Å². The Bertz CT molecular complexity index is 526. The van der Waals surface area contributed by atoms with E-state index in [1.165, 1.54) is 16.6 Å². The van der Waals surface area contributed by atoms with Crippen LogP contribution in [0.4, 0.5) is 5.69 Å². The zero-order chi connectivity index (χ0) is 11.2. The second kappa shape index (κ2) is 3.19. The van der Waals surface area contributed by atoms with Gasteiger partial charge in [0.2, 0.25) is 0 Å². The van der Waals surface area contributed by atoms with Crippen molar-refractivity contribution < 1.29 is 4.74 Å². The highest BCUT2D eigenvalue weighted by Gasteiger charge is 2.11. The van der Waals surface area contributed by atoms with Crippen molar-refractivity contribution in [2.75, 3.05) is 12.8 Å². The Kier molecular flexibility index (Phi) is 2.11. The molecule has 3 nitrogen and oxygen atoms in total. The standard InChI is InChI=1S/C12H16N2O/c1-7-8(2)14(3)11-6-10(13)12(15-4)5-9(7)11/h5-6H,13H2,1-4H3. The summed E-state index contributed by atoms with van der Waals surface area (Å²) in [6.07, 6.45) is 0. The fourth-order valence-corrected chi connectivity index (χ4v) is 1.97. The van der Waals surface area contributed by atoms with Crippen LogP contribution in [0.3, 0.4) is 0 Å². The summed E-state index contributed by atoms with van der Waals surface area (Å²) in [4.78, 5) is 0. The molecule has 0 amide bonds. The number of anilines is 1. The SMILES string of the molecule is COc1cc2c(C)c(C)n(C)c2cc1N. The Morgan fingerprint density at radius 2 is 1.93 bits per heavy atom. The van der Waals surface area contributed by atoms with Gasteiger partial charge in [0.15, 0.2) is 0 Å². The number of nitrogens with zero attached hydrogens (tertiary/aromatic N) is 1. The summed E-state index contributed by atoms with van der Waals surface area (Å²) in [5, 5.41) is 1.21. The molecule has 15 heavy (non-hydrogen) atoms. The van der Waals surface area contributed by atoms with Crippen LogP contribution in [-0.2, 0) is 7.05 Å². The molecule has 0 radical (unpaired) electrons. The predicted molar refractivity (Wildman–Crippen MR) is 63.4 cm³/mol. The van der Waals surface area contributed by atoms with Gasteiger partial charge in [-0.15, -0.1) is 0 Å². The Hall–Kier alpha value is -1.64. The molecule has 0 aliphatic carbocycles. The molecule has 0 atom stereocenters. The normalized spacial score (nSPS) is 10.9. The second-order valence-electron chi connectivity index (χ2n) is 3.88. The third-order valence-electron chi connectivity index (χ3n) is 3.16. The van der Waals surface area contributed by atoms with E-state index in [-0.39, 0.29) is 0 Å². The molecule has 0 aliphatic rings. The van der Waals surface area contributed by atoms with Crippen LogP contribution in [0.2, 0.25) is 0 Å². The predicted octanol–water partition coefficient (Wildman–Crippen LogP) is 2.39. The van der Waals surface area contributed by atoms with E-state index in [4.69, 9.17) is 10.5 Å². The number of hydrogen-bond donors (Lipinski definition) is 1. The lowest BCUT2D eigenvalue weighted by molar-refractivity contribution is 0.417. The fourth-order valence-electron chi connectivity index (χ4n) is 1.97. The van der Waals surface area contributed by atoms with E-state index in [9.17, 15) is 0 Å². The molecule has 2 rings (SSSR count). The Morgan fingerprint density at radius 1 is 1.27 bits per heavy atom. The average molecular weight is 204 g/mol. The summed E-state index contributed by atoms with van der Waals surface area (Å²) in [6, 6.07) is 3.97. The van der Waals surface area contributed by atoms with Gasteiger partial charge >= 0.3 is 0 Å². The molecule has 0 bridgehead atoms. The summed E-state index contributed by atoms with van der Waals surface area (Å²) >= 11 is 0. The summed E-state index contributed by atoms with van der Waals surface area (Å²) in [5.74, 6) is 0.746. The van der Waals surface area contributed by atoms with Crippen molar-refractivity contribution in [2.45, 2.75) is 13.8 Å². The quantitative estimate of drug-likeness (QED) is 0.724.